The SMILES string of the molecule is CCN(CC)S(=O)(=O)c1ccc2[nH]c(=O)cc(C(=O)NCC(C)NC)c2c1.Cl. The highest BCUT2D eigenvalue weighted by atomic mass is 35.5. The van der Waals surface area contributed by atoms with Crippen molar-refractivity contribution in [2.45, 2.75) is 31.7 Å². The molecule has 0 aliphatic rings. The van der Waals surface area contributed by atoms with E-state index < -0.39 is 21.5 Å². The van der Waals surface area contributed by atoms with Crippen LogP contribution in [0.1, 0.15) is 31.1 Å². The maximum atomic E-state index is 12.8. The van der Waals surface area contributed by atoms with E-state index in [1.54, 1.807) is 20.9 Å². The Hall–Kier alpha value is -1.94. The molecule has 28 heavy (non-hydrogen) atoms. The first-order valence-corrected chi connectivity index (χ1v) is 10.3. The second-order valence-corrected chi connectivity index (χ2v) is 8.18. The van der Waals surface area contributed by atoms with Crippen LogP contribution >= 0.6 is 12.4 Å². The minimum absolute atomic E-state index is 0. The number of sulfonamides is 1. The summed E-state index contributed by atoms with van der Waals surface area (Å²) in [6.45, 7) is 6.50. The zero-order valence-electron chi connectivity index (χ0n) is 16.4. The Morgan fingerprint density at radius 1 is 1.21 bits per heavy atom. The van der Waals surface area contributed by atoms with Crippen LogP contribution in [0.2, 0.25) is 0 Å². The highest BCUT2D eigenvalue weighted by molar-refractivity contribution is 7.89. The van der Waals surface area contributed by atoms with Gasteiger partial charge < -0.3 is 15.6 Å². The van der Waals surface area contributed by atoms with Crippen molar-refractivity contribution in [3.63, 3.8) is 0 Å². The predicted octanol–water partition coefficient (Wildman–Crippen LogP) is 1.32. The van der Waals surface area contributed by atoms with Gasteiger partial charge in [-0.25, -0.2) is 8.42 Å². The number of aromatic amines is 1. The van der Waals surface area contributed by atoms with E-state index in [1.807, 2.05) is 6.92 Å². The van der Waals surface area contributed by atoms with Gasteiger partial charge in [0.25, 0.3) is 5.91 Å². The van der Waals surface area contributed by atoms with Crippen molar-refractivity contribution >= 4 is 39.2 Å². The van der Waals surface area contributed by atoms with Crippen LogP contribution in [-0.2, 0) is 10.0 Å². The number of nitrogens with zero attached hydrogens (tertiary/aromatic N) is 1. The smallest absolute Gasteiger partial charge is 0.252 e. The summed E-state index contributed by atoms with van der Waals surface area (Å²) in [7, 11) is -1.89. The molecule has 1 heterocycles. The van der Waals surface area contributed by atoms with Crippen LogP contribution in [-0.4, -0.2) is 56.3 Å². The molecule has 0 saturated heterocycles. The van der Waals surface area contributed by atoms with Crippen LogP contribution in [0, 0.1) is 0 Å². The van der Waals surface area contributed by atoms with Gasteiger partial charge in [-0.3, -0.25) is 9.59 Å². The molecule has 156 valence electrons. The first kappa shape index (κ1) is 24.1. The number of likely N-dealkylation sites (N-methyl/N-ethyl adjacent to an activating group) is 1. The van der Waals surface area contributed by atoms with Crippen molar-refractivity contribution in [1.82, 2.24) is 19.9 Å². The summed E-state index contributed by atoms with van der Waals surface area (Å²) in [6, 6.07) is 5.64. The molecule has 0 fully saturated rings. The number of hydrogen-bond donors (Lipinski definition) is 3. The van der Waals surface area contributed by atoms with Crippen molar-refractivity contribution in [2.75, 3.05) is 26.7 Å². The van der Waals surface area contributed by atoms with Crippen LogP contribution in [0.5, 0.6) is 0 Å². The summed E-state index contributed by atoms with van der Waals surface area (Å²) in [5.41, 5.74) is 0.134. The molecule has 1 aromatic heterocycles. The van der Waals surface area contributed by atoms with Gasteiger partial charge in [0.2, 0.25) is 15.6 Å². The van der Waals surface area contributed by atoms with E-state index in [2.05, 4.69) is 15.6 Å². The van der Waals surface area contributed by atoms with Crippen LogP contribution in [0.15, 0.2) is 34.0 Å². The van der Waals surface area contributed by atoms with Crippen LogP contribution in [0.25, 0.3) is 10.9 Å². The third-order valence-electron chi connectivity index (χ3n) is 4.46. The van der Waals surface area contributed by atoms with E-state index in [9.17, 15) is 18.0 Å². The van der Waals surface area contributed by atoms with Gasteiger partial charge in [-0.15, -0.1) is 12.4 Å². The Kier molecular flexibility index (Phi) is 8.62. The summed E-state index contributed by atoms with van der Waals surface area (Å²) in [5.74, 6) is -0.425. The van der Waals surface area contributed by atoms with Crippen LogP contribution in [0.4, 0.5) is 0 Å². The number of H-pyrrole nitrogens is 1. The Bertz CT molecular complexity index is 987. The van der Waals surface area contributed by atoms with Crippen molar-refractivity contribution < 1.29 is 13.2 Å². The number of rotatable bonds is 8. The number of fused-ring (bicyclic) bond motifs is 1. The van der Waals surface area contributed by atoms with E-state index in [0.717, 1.165) is 0 Å². The number of halogens is 1. The van der Waals surface area contributed by atoms with Crippen molar-refractivity contribution in [3.8, 4) is 0 Å². The van der Waals surface area contributed by atoms with Gasteiger partial charge in [0, 0.05) is 42.6 Å². The molecular weight excluding hydrogens is 404 g/mol. The Morgan fingerprint density at radius 2 is 1.86 bits per heavy atom. The topological polar surface area (TPSA) is 111 Å². The van der Waals surface area contributed by atoms with E-state index in [1.165, 1.54) is 28.6 Å². The molecule has 1 unspecified atom stereocenters. The molecule has 3 N–H and O–H groups in total. The molecule has 0 aliphatic heterocycles. The molecule has 0 saturated carbocycles. The fraction of sp³-hybridized carbons (Fsp3) is 0.444. The van der Waals surface area contributed by atoms with Gasteiger partial charge in [0.05, 0.1) is 10.5 Å². The predicted molar refractivity (Wildman–Crippen MR) is 113 cm³/mol. The second kappa shape index (κ2) is 10.0. The molecule has 0 bridgehead atoms. The van der Waals surface area contributed by atoms with Crippen molar-refractivity contribution in [1.29, 1.82) is 0 Å². The summed E-state index contributed by atoms with van der Waals surface area (Å²) in [5, 5.41) is 6.15. The van der Waals surface area contributed by atoms with E-state index in [-0.39, 0.29) is 28.9 Å². The lowest BCUT2D eigenvalue weighted by atomic mass is 10.1. The number of hydrogen-bond acceptors (Lipinski definition) is 5. The Morgan fingerprint density at radius 3 is 2.43 bits per heavy atom. The molecule has 0 aliphatic carbocycles. The van der Waals surface area contributed by atoms with Crippen molar-refractivity contribution in [3.05, 3.63) is 40.2 Å². The molecule has 8 nitrogen and oxygen atoms in total. The molecule has 2 rings (SSSR count). The number of carbonyl (C=O) groups excluding carboxylic acids is 1. The lowest BCUT2D eigenvalue weighted by Crippen LogP contribution is -2.37. The number of pyridine rings is 1. The number of benzene rings is 1. The highest BCUT2D eigenvalue weighted by Crippen LogP contribution is 2.22. The molecule has 0 spiro atoms. The summed E-state index contributed by atoms with van der Waals surface area (Å²) in [4.78, 5) is 27.2. The monoisotopic (exact) mass is 430 g/mol. The van der Waals surface area contributed by atoms with Gasteiger partial charge in [-0.05, 0) is 32.2 Å². The first-order valence-electron chi connectivity index (χ1n) is 8.87. The zero-order valence-corrected chi connectivity index (χ0v) is 18.0. The number of aromatic nitrogens is 1. The molecule has 2 aromatic rings. The van der Waals surface area contributed by atoms with Gasteiger partial charge in [0.1, 0.15) is 0 Å². The van der Waals surface area contributed by atoms with Crippen molar-refractivity contribution in [2.24, 2.45) is 0 Å². The maximum absolute atomic E-state index is 12.8. The third kappa shape index (κ3) is 5.11. The van der Waals surface area contributed by atoms with Crippen LogP contribution < -0.4 is 16.2 Å². The van der Waals surface area contributed by atoms with Gasteiger partial charge in [-0.2, -0.15) is 4.31 Å². The minimum Gasteiger partial charge on any atom is -0.350 e. The zero-order chi connectivity index (χ0) is 20.2. The standard InChI is InChI=1S/C18H26N4O4S.ClH/c1-5-22(6-2)27(25,26)13-7-8-16-14(9-13)15(10-17(23)21-16)18(24)20-11-12(3)19-4;/h7-10,12,19H,5-6,11H2,1-4H3,(H,20,24)(H,21,23);1H. The fourth-order valence-electron chi connectivity index (χ4n) is 2.74. The van der Waals surface area contributed by atoms with E-state index in [0.29, 0.717) is 30.5 Å². The van der Waals surface area contributed by atoms with Gasteiger partial charge in [0.15, 0.2) is 0 Å². The molecule has 1 atom stereocenters. The Balaban J connectivity index is 0.00000392. The molecule has 0 radical (unpaired) electrons. The summed E-state index contributed by atoms with van der Waals surface area (Å²) < 4.78 is 26.9. The largest absolute Gasteiger partial charge is 0.350 e. The van der Waals surface area contributed by atoms with E-state index in [4.69, 9.17) is 0 Å². The molecule has 1 aromatic carbocycles. The first-order chi connectivity index (χ1) is 12.7. The van der Waals surface area contributed by atoms with Crippen LogP contribution in [0.3, 0.4) is 0 Å². The lowest BCUT2D eigenvalue weighted by molar-refractivity contribution is 0.0952. The lowest BCUT2D eigenvalue weighted by Gasteiger charge is -2.19. The second-order valence-electron chi connectivity index (χ2n) is 6.24. The number of carbonyl (C=O) groups is 1. The van der Waals surface area contributed by atoms with Gasteiger partial charge in [-0.1, -0.05) is 13.8 Å². The summed E-state index contributed by atoms with van der Waals surface area (Å²) >= 11 is 0. The van der Waals surface area contributed by atoms with E-state index >= 15 is 0 Å². The summed E-state index contributed by atoms with van der Waals surface area (Å²) in [6.07, 6.45) is 0. The highest BCUT2D eigenvalue weighted by Gasteiger charge is 2.23. The quantitative estimate of drug-likeness (QED) is 0.584. The third-order valence-corrected chi connectivity index (χ3v) is 6.51. The minimum atomic E-state index is -3.68. The maximum Gasteiger partial charge on any atom is 0.252 e. The van der Waals surface area contributed by atoms with Gasteiger partial charge >= 0.3 is 0 Å². The number of nitrogens with one attached hydrogen (secondary N) is 3. The number of amides is 1. The Labute approximate surface area is 171 Å². The molecule has 1 amide bonds. The fourth-order valence-corrected chi connectivity index (χ4v) is 4.22. The average molecular weight is 431 g/mol. The average Bonchev–Trinajstić information content (AvgIpc) is 2.65. The molecule has 10 heteroatoms. The molecular formula is C18H27ClN4O4S. The normalized spacial score (nSPS) is 12.6.